The molecule has 4 N–H and O–H groups in total. The second-order valence-electron chi connectivity index (χ2n) is 3.52. The van der Waals surface area contributed by atoms with Crippen LogP contribution in [0.15, 0.2) is 30.3 Å². The minimum absolute atomic E-state index is 0.0724. The second kappa shape index (κ2) is 8.08. The number of carbonyl (C=O) groups is 2. The minimum Gasteiger partial charge on any atom is -0.484 e. The number of para-hydroxylation sites is 1. The molecule has 0 saturated heterocycles. The van der Waals surface area contributed by atoms with Crippen LogP contribution in [0.1, 0.15) is 0 Å². The van der Waals surface area contributed by atoms with Crippen molar-refractivity contribution in [1.82, 2.24) is 10.6 Å². The largest absolute Gasteiger partial charge is 0.484 e. The Hall–Kier alpha value is -2.08. The topological polar surface area (TPSA) is 93.5 Å². The summed E-state index contributed by atoms with van der Waals surface area (Å²) >= 11 is 0. The van der Waals surface area contributed by atoms with Gasteiger partial charge in [0.15, 0.2) is 6.61 Å². The number of amides is 2. The Morgan fingerprint density at radius 2 is 1.83 bits per heavy atom. The van der Waals surface area contributed by atoms with Crippen molar-refractivity contribution < 1.29 is 14.3 Å². The molecule has 0 aliphatic rings. The molecule has 0 atom stereocenters. The van der Waals surface area contributed by atoms with Gasteiger partial charge >= 0.3 is 0 Å². The summed E-state index contributed by atoms with van der Waals surface area (Å²) in [6.07, 6.45) is 0. The van der Waals surface area contributed by atoms with Gasteiger partial charge in [0.2, 0.25) is 5.91 Å². The van der Waals surface area contributed by atoms with E-state index in [0.717, 1.165) is 0 Å². The average molecular weight is 251 g/mol. The van der Waals surface area contributed by atoms with Crippen molar-refractivity contribution >= 4 is 11.8 Å². The molecule has 0 saturated carbocycles. The molecule has 0 fully saturated rings. The molecule has 0 heterocycles. The Morgan fingerprint density at radius 1 is 1.11 bits per heavy atom. The smallest absolute Gasteiger partial charge is 0.258 e. The highest BCUT2D eigenvalue weighted by Crippen LogP contribution is 2.07. The van der Waals surface area contributed by atoms with Gasteiger partial charge in [-0.15, -0.1) is 0 Å². The zero-order valence-electron chi connectivity index (χ0n) is 10.0. The van der Waals surface area contributed by atoms with Crippen molar-refractivity contribution in [3.63, 3.8) is 0 Å². The van der Waals surface area contributed by atoms with Crippen molar-refractivity contribution in [3.05, 3.63) is 30.3 Å². The van der Waals surface area contributed by atoms with Crippen LogP contribution < -0.4 is 21.1 Å². The summed E-state index contributed by atoms with van der Waals surface area (Å²) in [5.74, 6) is -0.00417. The lowest BCUT2D eigenvalue weighted by Gasteiger charge is -2.07. The van der Waals surface area contributed by atoms with Gasteiger partial charge in [-0.1, -0.05) is 18.2 Å². The highest BCUT2D eigenvalue weighted by atomic mass is 16.5. The summed E-state index contributed by atoms with van der Waals surface area (Å²) in [5.41, 5.74) is 5.22. The molecule has 98 valence electrons. The molecule has 6 heteroatoms. The first-order valence-electron chi connectivity index (χ1n) is 5.63. The fourth-order valence-corrected chi connectivity index (χ4v) is 1.17. The van der Waals surface area contributed by atoms with Crippen LogP contribution in [-0.2, 0) is 9.59 Å². The highest BCUT2D eigenvalue weighted by molar-refractivity contribution is 5.85. The van der Waals surface area contributed by atoms with E-state index in [9.17, 15) is 9.59 Å². The van der Waals surface area contributed by atoms with Gasteiger partial charge in [-0.3, -0.25) is 9.59 Å². The van der Waals surface area contributed by atoms with Crippen molar-refractivity contribution in [2.24, 2.45) is 5.73 Å². The van der Waals surface area contributed by atoms with E-state index in [1.54, 1.807) is 12.1 Å². The molecule has 2 amide bonds. The van der Waals surface area contributed by atoms with E-state index in [2.05, 4.69) is 10.6 Å². The molecule has 0 radical (unpaired) electrons. The van der Waals surface area contributed by atoms with Gasteiger partial charge in [-0.2, -0.15) is 0 Å². The van der Waals surface area contributed by atoms with E-state index >= 15 is 0 Å². The fraction of sp³-hybridized carbons (Fsp3) is 0.333. The summed E-state index contributed by atoms with van der Waals surface area (Å²) in [4.78, 5) is 22.5. The number of rotatable bonds is 7. The summed E-state index contributed by atoms with van der Waals surface area (Å²) in [5, 5.41) is 4.99. The first-order chi connectivity index (χ1) is 8.72. The van der Waals surface area contributed by atoms with E-state index in [0.29, 0.717) is 18.8 Å². The number of nitrogens with one attached hydrogen (secondary N) is 2. The Kier molecular flexibility index (Phi) is 6.27. The third kappa shape index (κ3) is 5.86. The van der Waals surface area contributed by atoms with Gasteiger partial charge in [0.25, 0.3) is 5.91 Å². The molecule has 6 nitrogen and oxygen atoms in total. The van der Waals surface area contributed by atoms with Crippen LogP contribution in [0.3, 0.4) is 0 Å². The number of ether oxygens (including phenoxy) is 1. The van der Waals surface area contributed by atoms with Crippen molar-refractivity contribution in [2.75, 3.05) is 26.2 Å². The molecule has 0 spiro atoms. The SMILES string of the molecule is NCCNC(=O)CNC(=O)COc1ccccc1. The fourth-order valence-electron chi connectivity index (χ4n) is 1.17. The Bertz CT molecular complexity index is 381. The van der Waals surface area contributed by atoms with E-state index in [1.807, 2.05) is 18.2 Å². The van der Waals surface area contributed by atoms with E-state index in [-0.39, 0.29) is 25.0 Å². The summed E-state index contributed by atoms with van der Waals surface area (Å²) < 4.78 is 5.22. The third-order valence-electron chi connectivity index (χ3n) is 2.03. The Labute approximate surface area is 105 Å². The zero-order valence-corrected chi connectivity index (χ0v) is 10.0. The molecule has 18 heavy (non-hydrogen) atoms. The molecule has 0 bridgehead atoms. The molecule has 0 aliphatic heterocycles. The molecule has 0 aromatic heterocycles. The average Bonchev–Trinajstić information content (AvgIpc) is 2.41. The number of hydrogen-bond acceptors (Lipinski definition) is 4. The monoisotopic (exact) mass is 251 g/mol. The van der Waals surface area contributed by atoms with E-state index in [4.69, 9.17) is 10.5 Å². The molecule has 1 aromatic carbocycles. The highest BCUT2D eigenvalue weighted by Gasteiger charge is 2.05. The lowest BCUT2D eigenvalue weighted by atomic mass is 10.3. The van der Waals surface area contributed by atoms with Crippen molar-refractivity contribution in [1.29, 1.82) is 0 Å². The molecule has 0 aliphatic carbocycles. The zero-order chi connectivity index (χ0) is 13.2. The predicted molar refractivity (Wildman–Crippen MR) is 67.0 cm³/mol. The van der Waals surface area contributed by atoms with Gasteiger partial charge in [0.05, 0.1) is 6.54 Å². The van der Waals surface area contributed by atoms with Crippen LogP contribution in [0.2, 0.25) is 0 Å². The quantitative estimate of drug-likeness (QED) is 0.595. The second-order valence-corrected chi connectivity index (χ2v) is 3.52. The Balaban J connectivity index is 2.16. The predicted octanol–water partition coefficient (Wildman–Crippen LogP) is -0.743. The summed E-state index contributed by atoms with van der Waals surface area (Å²) in [6, 6.07) is 8.98. The van der Waals surface area contributed by atoms with Gasteiger partial charge in [-0.25, -0.2) is 0 Å². The standard InChI is InChI=1S/C12H17N3O3/c13-6-7-14-11(16)8-15-12(17)9-18-10-4-2-1-3-5-10/h1-5H,6-9,13H2,(H,14,16)(H,15,17). The maximum atomic E-state index is 11.4. The van der Waals surface area contributed by atoms with E-state index < -0.39 is 0 Å². The maximum Gasteiger partial charge on any atom is 0.258 e. The van der Waals surface area contributed by atoms with Gasteiger partial charge in [0.1, 0.15) is 5.75 Å². The van der Waals surface area contributed by atoms with Gasteiger partial charge < -0.3 is 21.1 Å². The van der Waals surface area contributed by atoms with Crippen molar-refractivity contribution in [3.8, 4) is 5.75 Å². The molecule has 0 unspecified atom stereocenters. The summed E-state index contributed by atoms with van der Waals surface area (Å²) in [7, 11) is 0. The molecular formula is C12H17N3O3. The maximum absolute atomic E-state index is 11.4. The van der Waals surface area contributed by atoms with Crippen LogP contribution in [0.5, 0.6) is 5.75 Å². The normalized spacial score (nSPS) is 9.61. The molecule has 1 aromatic rings. The van der Waals surface area contributed by atoms with Crippen LogP contribution in [0.4, 0.5) is 0 Å². The lowest BCUT2D eigenvalue weighted by Crippen LogP contribution is -2.40. The van der Waals surface area contributed by atoms with Crippen LogP contribution in [0, 0.1) is 0 Å². The first-order valence-corrected chi connectivity index (χ1v) is 5.63. The first kappa shape index (κ1) is 14.0. The summed E-state index contributed by atoms with van der Waals surface area (Å²) in [6.45, 7) is 0.581. The van der Waals surface area contributed by atoms with E-state index in [1.165, 1.54) is 0 Å². The minimum atomic E-state index is -0.346. The third-order valence-corrected chi connectivity index (χ3v) is 2.03. The van der Waals surface area contributed by atoms with Crippen LogP contribution in [-0.4, -0.2) is 38.1 Å². The lowest BCUT2D eigenvalue weighted by molar-refractivity contribution is -0.127. The molecule has 1 rings (SSSR count). The van der Waals surface area contributed by atoms with Crippen molar-refractivity contribution in [2.45, 2.75) is 0 Å². The van der Waals surface area contributed by atoms with Gasteiger partial charge in [0, 0.05) is 13.1 Å². The van der Waals surface area contributed by atoms with Gasteiger partial charge in [-0.05, 0) is 12.1 Å². The van der Waals surface area contributed by atoms with Crippen LogP contribution >= 0.6 is 0 Å². The number of nitrogens with two attached hydrogens (primary N) is 1. The number of hydrogen-bond donors (Lipinski definition) is 3. The number of carbonyl (C=O) groups excluding carboxylic acids is 2. The number of benzene rings is 1. The molecular weight excluding hydrogens is 234 g/mol. The Morgan fingerprint density at radius 3 is 2.50 bits per heavy atom. The van der Waals surface area contributed by atoms with Crippen LogP contribution in [0.25, 0.3) is 0 Å².